The van der Waals surface area contributed by atoms with Gasteiger partial charge >= 0.3 is 0 Å². The average molecular weight is 521 g/mol. The van der Waals surface area contributed by atoms with Crippen LogP contribution in [0.1, 0.15) is 10.4 Å². The summed E-state index contributed by atoms with van der Waals surface area (Å²) in [5.74, 6) is 0.0504. The molecule has 0 spiro atoms. The predicted octanol–water partition coefficient (Wildman–Crippen LogP) is 6.69. The molecule has 9 heteroatoms. The van der Waals surface area contributed by atoms with Crippen LogP contribution in [0, 0.1) is 0 Å². The molecule has 4 aromatic rings. The van der Waals surface area contributed by atoms with Gasteiger partial charge in [0.15, 0.2) is 10.7 Å². The van der Waals surface area contributed by atoms with Gasteiger partial charge in [-0.1, -0.05) is 45.2 Å². The Balaban J connectivity index is 1.51. The molecule has 150 valence electrons. The monoisotopic (exact) mass is 519 g/mol. The van der Waals surface area contributed by atoms with Crippen molar-refractivity contribution in [3.05, 3.63) is 80.7 Å². The number of rotatable bonds is 3. The van der Waals surface area contributed by atoms with Gasteiger partial charge in [-0.05, 0) is 66.8 Å². The van der Waals surface area contributed by atoms with E-state index in [-0.39, 0.29) is 11.0 Å². The Morgan fingerprint density at radius 1 is 1.07 bits per heavy atom. The van der Waals surface area contributed by atoms with Crippen LogP contribution in [0.4, 0.5) is 5.69 Å². The highest BCUT2D eigenvalue weighted by atomic mass is 79.9. The molecule has 0 fully saturated rings. The summed E-state index contributed by atoms with van der Waals surface area (Å²) in [5.41, 5.74) is 2.96. The largest absolute Gasteiger partial charge is 0.436 e. The standard InChI is InChI=1S/C21H12BrCl2N3O2S/c22-12-4-6-16(24)15(9-12)20-26-17-10-14(5-7-18(17)29-20)25-21(30)27-19(28)11-2-1-3-13(23)8-11/h1-10H,(H2,25,27,28,30). The number of benzene rings is 3. The SMILES string of the molecule is O=C(NC(=S)Nc1ccc2oc(-c3cc(Br)ccc3Cl)nc2c1)c1cccc(Cl)c1. The zero-order valence-corrected chi connectivity index (χ0v) is 19.0. The Kier molecular flexibility index (Phi) is 6.06. The Hall–Kier alpha value is -2.45. The molecule has 3 aromatic carbocycles. The van der Waals surface area contributed by atoms with Crippen LogP contribution >= 0.6 is 51.3 Å². The van der Waals surface area contributed by atoms with Crippen molar-refractivity contribution in [3.63, 3.8) is 0 Å². The molecule has 30 heavy (non-hydrogen) atoms. The van der Waals surface area contributed by atoms with E-state index in [0.717, 1.165) is 4.47 Å². The summed E-state index contributed by atoms with van der Waals surface area (Å²) in [6, 6.07) is 17.4. The number of halogens is 3. The van der Waals surface area contributed by atoms with Crippen LogP contribution < -0.4 is 10.6 Å². The van der Waals surface area contributed by atoms with Crippen LogP contribution in [0.2, 0.25) is 10.0 Å². The number of aromatic nitrogens is 1. The molecule has 0 atom stereocenters. The normalized spacial score (nSPS) is 10.8. The summed E-state index contributed by atoms with van der Waals surface area (Å²) in [5, 5.41) is 6.75. The topological polar surface area (TPSA) is 67.2 Å². The second-order valence-corrected chi connectivity index (χ2v) is 8.41. The number of fused-ring (bicyclic) bond motifs is 1. The molecule has 0 aliphatic carbocycles. The van der Waals surface area contributed by atoms with Crippen LogP contribution in [0.15, 0.2) is 69.6 Å². The number of hydrogen-bond acceptors (Lipinski definition) is 4. The molecule has 0 aliphatic heterocycles. The van der Waals surface area contributed by atoms with E-state index >= 15 is 0 Å². The second-order valence-electron chi connectivity index (χ2n) is 6.24. The molecule has 4 rings (SSSR count). The predicted molar refractivity (Wildman–Crippen MR) is 127 cm³/mol. The number of anilines is 1. The van der Waals surface area contributed by atoms with Crippen molar-refractivity contribution in [2.45, 2.75) is 0 Å². The van der Waals surface area contributed by atoms with Crippen molar-refractivity contribution in [2.75, 3.05) is 5.32 Å². The summed E-state index contributed by atoms with van der Waals surface area (Å²) in [4.78, 5) is 16.8. The van der Waals surface area contributed by atoms with E-state index in [2.05, 4.69) is 31.5 Å². The Bertz CT molecular complexity index is 1290. The number of carbonyl (C=O) groups is 1. The first-order valence-corrected chi connectivity index (χ1v) is 10.6. The maximum atomic E-state index is 12.3. The average Bonchev–Trinajstić information content (AvgIpc) is 3.12. The number of oxazole rings is 1. The molecule has 0 aliphatic rings. The van der Waals surface area contributed by atoms with Crippen molar-refractivity contribution in [3.8, 4) is 11.5 Å². The van der Waals surface area contributed by atoms with Crippen LogP contribution in [-0.4, -0.2) is 16.0 Å². The van der Waals surface area contributed by atoms with Crippen LogP contribution in [-0.2, 0) is 0 Å². The van der Waals surface area contributed by atoms with Gasteiger partial charge in [-0.2, -0.15) is 0 Å². The van der Waals surface area contributed by atoms with Crippen molar-refractivity contribution in [1.82, 2.24) is 10.3 Å². The molecule has 1 heterocycles. The zero-order chi connectivity index (χ0) is 21.3. The van der Waals surface area contributed by atoms with Gasteiger partial charge in [-0.15, -0.1) is 0 Å². The van der Waals surface area contributed by atoms with Gasteiger partial charge in [-0.3, -0.25) is 10.1 Å². The molecule has 1 amide bonds. The van der Waals surface area contributed by atoms with Crippen LogP contribution in [0.25, 0.3) is 22.6 Å². The molecule has 0 saturated carbocycles. The minimum absolute atomic E-state index is 0.151. The van der Waals surface area contributed by atoms with E-state index in [1.54, 1.807) is 48.5 Å². The van der Waals surface area contributed by atoms with Crippen LogP contribution in [0.5, 0.6) is 0 Å². The summed E-state index contributed by atoms with van der Waals surface area (Å²) in [7, 11) is 0. The van der Waals surface area contributed by atoms with Crippen molar-refractivity contribution in [2.24, 2.45) is 0 Å². The van der Waals surface area contributed by atoms with Gasteiger partial charge in [0.2, 0.25) is 5.89 Å². The lowest BCUT2D eigenvalue weighted by Crippen LogP contribution is -2.34. The molecule has 0 saturated heterocycles. The lowest BCUT2D eigenvalue weighted by molar-refractivity contribution is 0.0977. The summed E-state index contributed by atoms with van der Waals surface area (Å²) in [6.45, 7) is 0. The van der Waals surface area contributed by atoms with E-state index in [9.17, 15) is 4.79 Å². The fraction of sp³-hybridized carbons (Fsp3) is 0. The Morgan fingerprint density at radius 3 is 2.70 bits per heavy atom. The smallest absolute Gasteiger partial charge is 0.257 e. The highest BCUT2D eigenvalue weighted by Crippen LogP contribution is 2.32. The van der Waals surface area contributed by atoms with E-state index < -0.39 is 0 Å². The minimum atomic E-state index is -0.357. The van der Waals surface area contributed by atoms with E-state index in [0.29, 0.717) is 43.9 Å². The number of carbonyl (C=O) groups excluding carboxylic acids is 1. The maximum Gasteiger partial charge on any atom is 0.257 e. The van der Waals surface area contributed by atoms with Gasteiger partial charge < -0.3 is 9.73 Å². The van der Waals surface area contributed by atoms with Crippen molar-refractivity contribution in [1.29, 1.82) is 0 Å². The minimum Gasteiger partial charge on any atom is -0.436 e. The fourth-order valence-corrected chi connectivity index (χ4v) is 3.71. The summed E-state index contributed by atoms with van der Waals surface area (Å²) < 4.78 is 6.69. The zero-order valence-electron chi connectivity index (χ0n) is 15.1. The Morgan fingerprint density at radius 2 is 1.90 bits per heavy atom. The highest BCUT2D eigenvalue weighted by molar-refractivity contribution is 9.10. The molecule has 0 unspecified atom stereocenters. The van der Waals surface area contributed by atoms with Crippen molar-refractivity contribution >= 4 is 79.2 Å². The van der Waals surface area contributed by atoms with Gasteiger partial charge in [0.05, 0.1) is 10.6 Å². The van der Waals surface area contributed by atoms with E-state index in [1.165, 1.54) is 0 Å². The fourth-order valence-electron chi connectivity index (χ4n) is 2.75. The Labute approximate surface area is 195 Å². The highest BCUT2D eigenvalue weighted by Gasteiger charge is 2.13. The van der Waals surface area contributed by atoms with Gasteiger partial charge in [0.25, 0.3) is 5.91 Å². The molecule has 1 aromatic heterocycles. The molecular formula is C21H12BrCl2N3O2S. The third kappa shape index (κ3) is 4.65. The molecule has 2 N–H and O–H groups in total. The summed E-state index contributed by atoms with van der Waals surface area (Å²) >= 11 is 20.8. The maximum absolute atomic E-state index is 12.3. The summed E-state index contributed by atoms with van der Waals surface area (Å²) in [6.07, 6.45) is 0. The first kappa shape index (κ1) is 20.8. The first-order chi connectivity index (χ1) is 14.4. The van der Waals surface area contributed by atoms with Crippen molar-refractivity contribution < 1.29 is 9.21 Å². The number of nitrogens with zero attached hydrogens (tertiary/aromatic N) is 1. The molecule has 5 nitrogen and oxygen atoms in total. The van der Waals surface area contributed by atoms with E-state index in [1.807, 2.05) is 12.1 Å². The van der Waals surface area contributed by atoms with Gasteiger partial charge in [-0.25, -0.2) is 4.98 Å². The number of thiocarbonyl (C=S) groups is 1. The number of hydrogen-bond donors (Lipinski definition) is 2. The number of amides is 1. The number of nitrogens with one attached hydrogen (secondary N) is 2. The van der Waals surface area contributed by atoms with Crippen LogP contribution in [0.3, 0.4) is 0 Å². The lowest BCUT2D eigenvalue weighted by atomic mass is 10.2. The molecular weight excluding hydrogens is 509 g/mol. The second kappa shape index (κ2) is 8.73. The van der Waals surface area contributed by atoms with Gasteiger partial charge in [0.1, 0.15) is 5.52 Å². The first-order valence-electron chi connectivity index (χ1n) is 8.63. The van der Waals surface area contributed by atoms with E-state index in [4.69, 9.17) is 39.8 Å². The molecule has 0 bridgehead atoms. The third-order valence-electron chi connectivity index (χ3n) is 4.12. The third-order valence-corrected chi connectivity index (χ3v) is 5.38. The molecule has 0 radical (unpaired) electrons. The van der Waals surface area contributed by atoms with Gasteiger partial charge in [0, 0.05) is 20.7 Å². The lowest BCUT2D eigenvalue weighted by Gasteiger charge is -2.09. The quantitative estimate of drug-likeness (QED) is 0.294.